The van der Waals surface area contributed by atoms with E-state index in [4.69, 9.17) is 9.47 Å². The number of pyridine rings is 1. The molecule has 0 aliphatic carbocycles. The van der Waals surface area contributed by atoms with Gasteiger partial charge in [0.15, 0.2) is 0 Å². The third-order valence-electron chi connectivity index (χ3n) is 6.11. The number of carbonyl (C=O) groups is 1. The molecular weight excluding hydrogens is 473 g/mol. The van der Waals surface area contributed by atoms with Gasteiger partial charge in [0, 0.05) is 54.7 Å². The first-order chi connectivity index (χ1) is 17.1. The molecule has 0 bridgehead atoms. The lowest BCUT2D eigenvalue weighted by Crippen LogP contribution is -2.39. The van der Waals surface area contributed by atoms with Crippen molar-refractivity contribution in [2.24, 2.45) is 0 Å². The Morgan fingerprint density at radius 1 is 1.28 bits per heavy atom. The third kappa shape index (κ3) is 5.33. The summed E-state index contributed by atoms with van der Waals surface area (Å²) < 4.78 is 52.5. The first-order valence-electron chi connectivity index (χ1n) is 11.6. The van der Waals surface area contributed by atoms with E-state index < -0.39 is 24.3 Å². The Kier molecular flexibility index (Phi) is 7.26. The van der Waals surface area contributed by atoms with Crippen LogP contribution in [0.2, 0.25) is 0 Å². The Balaban J connectivity index is 1.84. The molecule has 36 heavy (non-hydrogen) atoms. The van der Waals surface area contributed by atoms with Crippen molar-refractivity contribution in [1.29, 1.82) is 0 Å². The number of amides is 1. The van der Waals surface area contributed by atoms with Gasteiger partial charge in [0.1, 0.15) is 18.2 Å². The Bertz CT molecular complexity index is 1260. The number of hydrogen-bond donors (Lipinski definition) is 3. The molecule has 3 aromatic rings. The van der Waals surface area contributed by atoms with Crippen molar-refractivity contribution in [3.05, 3.63) is 59.3 Å². The van der Waals surface area contributed by atoms with E-state index in [0.29, 0.717) is 40.4 Å². The number of aromatic nitrogens is 2. The summed E-state index contributed by atoms with van der Waals surface area (Å²) in [6.45, 7) is 5.87. The van der Waals surface area contributed by atoms with Crippen LogP contribution in [0.1, 0.15) is 42.4 Å². The van der Waals surface area contributed by atoms with Gasteiger partial charge in [-0.2, -0.15) is 0 Å². The number of aromatic amines is 1. The van der Waals surface area contributed by atoms with Crippen LogP contribution >= 0.6 is 0 Å². The van der Waals surface area contributed by atoms with Crippen molar-refractivity contribution in [1.82, 2.24) is 15.3 Å². The standard InChI is InChI=1S/C26H29F3N4O3/c1-14-10-19-22(25(34)31-14)24(32-18-7-5-6-17(27)16(18)11-21(28)29)23(33-19)15-8-9-30-12-20(15)36-13-26(2,3)35-4/h5-9,12,14,21,32-33H,10-11,13H2,1-4H3,(H,31,34)/t14-/m1/s1. The van der Waals surface area contributed by atoms with Crippen LogP contribution in [0.4, 0.5) is 24.5 Å². The molecule has 1 aliphatic heterocycles. The van der Waals surface area contributed by atoms with E-state index in [0.717, 1.165) is 6.07 Å². The second-order valence-corrected chi connectivity index (χ2v) is 9.42. The molecule has 0 saturated heterocycles. The number of carbonyl (C=O) groups excluding carboxylic acids is 1. The number of nitrogens with one attached hydrogen (secondary N) is 3. The largest absolute Gasteiger partial charge is 0.488 e. The Morgan fingerprint density at radius 2 is 2.06 bits per heavy atom. The summed E-state index contributed by atoms with van der Waals surface area (Å²) in [4.78, 5) is 20.5. The minimum absolute atomic E-state index is 0.108. The molecule has 1 atom stereocenters. The van der Waals surface area contributed by atoms with E-state index in [1.165, 1.54) is 12.1 Å². The predicted molar refractivity (Wildman–Crippen MR) is 131 cm³/mol. The number of alkyl halides is 2. The van der Waals surface area contributed by atoms with E-state index in [9.17, 15) is 18.0 Å². The highest BCUT2D eigenvalue weighted by molar-refractivity contribution is 6.06. The van der Waals surface area contributed by atoms with Gasteiger partial charge in [-0.1, -0.05) is 6.07 Å². The first-order valence-corrected chi connectivity index (χ1v) is 11.6. The van der Waals surface area contributed by atoms with Crippen LogP contribution in [-0.4, -0.2) is 47.7 Å². The normalized spacial score (nSPS) is 15.6. The number of methoxy groups -OCH3 is 1. The Labute approximate surface area is 207 Å². The summed E-state index contributed by atoms with van der Waals surface area (Å²) in [6, 6.07) is 5.70. The molecule has 0 unspecified atom stereocenters. The lowest BCUT2D eigenvalue weighted by molar-refractivity contribution is -0.0146. The maximum absolute atomic E-state index is 14.5. The first kappa shape index (κ1) is 25.6. The second-order valence-electron chi connectivity index (χ2n) is 9.42. The van der Waals surface area contributed by atoms with Gasteiger partial charge in [-0.05, 0) is 39.0 Å². The summed E-state index contributed by atoms with van der Waals surface area (Å²) in [7, 11) is 1.59. The van der Waals surface area contributed by atoms with Gasteiger partial charge in [-0.15, -0.1) is 0 Å². The summed E-state index contributed by atoms with van der Waals surface area (Å²) in [5.74, 6) is -0.638. The molecule has 1 aromatic carbocycles. The van der Waals surface area contributed by atoms with E-state index >= 15 is 0 Å². The maximum Gasteiger partial charge on any atom is 0.255 e. The minimum Gasteiger partial charge on any atom is -0.488 e. The molecule has 192 valence electrons. The second kappa shape index (κ2) is 10.2. The molecule has 1 amide bonds. The topological polar surface area (TPSA) is 88.3 Å². The SMILES string of the molecule is COC(C)(C)COc1cnccc1-c1[nH]c2c(c1Nc1cccc(F)c1CC(F)F)C(=O)N[C@H](C)C2. The van der Waals surface area contributed by atoms with Gasteiger partial charge in [0.25, 0.3) is 5.91 Å². The van der Waals surface area contributed by atoms with Crippen molar-refractivity contribution in [2.45, 2.75) is 51.7 Å². The lowest BCUT2D eigenvalue weighted by atomic mass is 10.0. The van der Waals surface area contributed by atoms with Crippen molar-refractivity contribution < 1.29 is 27.4 Å². The Morgan fingerprint density at radius 3 is 2.78 bits per heavy atom. The number of ether oxygens (including phenoxy) is 2. The molecule has 3 N–H and O–H groups in total. The van der Waals surface area contributed by atoms with E-state index in [1.807, 2.05) is 20.8 Å². The van der Waals surface area contributed by atoms with Crippen LogP contribution in [0.5, 0.6) is 5.75 Å². The van der Waals surface area contributed by atoms with Gasteiger partial charge in [-0.25, -0.2) is 13.2 Å². The average molecular weight is 503 g/mol. The average Bonchev–Trinajstić information content (AvgIpc) is 3.18. The fourth-order valence-electron chi connectivity index (χ4n) is 4.12. The van der Waals surface area contributed by atoms with Crippen LogP contribution in [0, 0.1) is 5.82 Å². The molecule has 0 fully saturated rings. The van der Waals surface area contributed by atoms with Crippen LogP contribution < -0.4 is 15.4 Å². The van der Waals surface area contributed by atoms with Gasteiger partial charge >= 0.3 is 0 Å². The van der Waals surface area contributed by atoms with Crippen LogP contribution in [-0.2, 0) is 17.6 Å². The fourth-order valence-corrected chi connectivity index (χ4v) is 4.12. The monoisotopic (exact) mass is 502 g/mol. The van der Waals surface area contributed by atoms with Crippen LogP contribution in [0.25, 0.3) is 11.3 Å². The minimum atomic E-state index is -2.74. The van der Waals surface area contributed by atoms with E-state index in [2.05, 4.69) is 20.6 Å². The van der Waals surface area contributed by atoms with Gasteiger partial charge in [0.2, 0.25) is 6.43 Å². The molecule has 0 spiro atoms. The highest BCUT2D eigenvalue weighted by atomic mass is 19.3. The molecule has 10 heteroatoms. The zero-order chi connectivity index (χ0) is 26.0. The number of benzene rings is 1. The molecule has 4 rings (SSSR count). The zero-order valence-electron chi connectivity index (χ0n) is 20.5. The number of fused-ring (bicyclic) bond motifs is 1. The number of anilines is 2. The van der Waals surface area contributed by atoms with E-state index in [1.54, 1.807) is 25.6 Å². The summed E-state index contributed by atoms with van der Waals surface area (Å²) in [5.41, 5.74) is 1.89. The molecule has 2 aromatic heterocycles. The summed E-state index contributed by atoms with van der Waals surface area (Å²) >= 11 is 0. The third-order valence-corrected chi connectivity index (χ3v) is 6.11. The van der Waals surface area contributed by atoms with Crippen molar-refractivity contribution in [3.8, 4) is 17.0 Å². The quantitative estimate of drug-likeness (QED) is 0.372. The molecular formula is C26H29F3N4O3. The number of halogens is 3. The molecule has 1 aliphatic rings. The highest BCUT2D eigenvalue weighted by Crippen LogP contribution is 2.41. The van der Waals surface area contributed by atoms with Crippen molar-refractivity contribution in [2.75, 3.05) is 19.0 Å². The van der Waals surface area contributed by atoms with Gasteiger partial charge in [0.05, 0.1) is 28.7 Å². The van der Waals surface area contributed by atoms with Gasteiger partial charge < -0.3 is 25.1 Å². The molecule has 7 nitrogen and oxygen atoms in total. The fraction of sp³-hybridized carbons (Fsp3) is 0.385. The molecule has 3 heterocycles. The Hall–Kier alpha value is -3.53. The van der Waals surface area contributed by atoms with Crippen LogP contribution in [0.15, 0.2) is 36.7 Å². The zero-order valence-corrected chi connectivity index (χ0v) is 20.5. The van der Waals surface area contributed by atoms with Crippen molar-refractivity contribution >= 4 is 17.3 Å². The number of hydrogen-bond acceptors (Lipinski definition) is 5. The lowest BCUT2D eigenvalue weighted by Gasteiger charge is -2.23. The van der Waals surface area contributed by atoms with Gasteiger partial charge in [-0.3, -0.25) is 9.78 Å². The van der Waals surface area contributed by atoms with E-state index in [-0.39, 0.29) is 29.8 Å². The molecule has 0 radical (unpaired) electrons. The predicted octanol–water partition coefficient (Wildman–Crippen LogP) is 5.25. The highest BCUT2D eigenvalue weighted by Gasteiger charge is 2.31. The summed E-state index contributed by atoms with van der Waals surface area (Å²) in [5, 5.41) is 5.98. The summed E-state index contributed by atoms with van der Waals surface area (Å²) in [6.07, 6.45) is 0.157. The van der Waals surface area contributed by atoms with Crippen molar-refractivity contribution in [3.63, 3.8) is 0 Å². The number of rotatable bonds is 9. The molecule has 0 saturated carbocycles. The smallest absolute Gasteiger partial charge is 0.255 e. The number of nitrogens with zero attached hydrogens (tertiary/aromatic N) is 1. The maximum atomic E-state index is 14.5. The number of H-pyrrole nitrogens is 1. The van der Waals surface area contributed by atoms with Crippen LogP contribution in [0.3, 0.4) is 0 Å².